The summed E-state index contributed by atoms with van der Waals surface area (Å²) < 4.78 is 27.1. The number of halogens is 1. The Morgan fingerprint density at radius 2 is 2.00 bits per heavy atom. The van der Waals surface area contributed by atoms with E-state index in [-0.39, 0.29) is 16.6 Å². The lowest BCUT2D eigenvalue weighted by Crippen LogP contribution is -2.14. The van der Waals surface area contributed by atoms with Crippen LogP contribution < -0.4 is 4.72 Å². The van der Waals surface area contributed by atoms with Gasteiger partial charge in [0.05, 0.1) is 4.90 Å². The molecule has 108 valence electrons. The van der Waals surface area contributed by atoms with Crippen LogP contribution in [0.25, 0.3) is 0 Å². The second kappa shape index (κ2) is 5.46. The molecule has 0 amide bonds. The average Bonchev–Trinajstić information content (AvgIpc) is 2.76. The van der Waals surface area contributed by atoms with Crippen LogP contribution in [0.3, 0.4) is 0 Å². The molecule has 5 nitrogen and oxygen atoms in total. The SMILES string of the molecule is Cc1cc(Cl)ccc1S(=O)(=O)Nc1cc(C(C)C)[nH]n1. The maximum atomic E-state index is 12.3. The zero-order valence-electron chi connectivity index (χ0n) is 11.4. The molecule has 1 heterocycles. The van der Waals surface area contributed by atoms with Crippen molar-refractivity contribution in [2.75, 3.05) is 4.72 Å². The number of aromatic nitrogens is 2. The second-order valence-electron chi connectivity index (χ2n) is 4.88. The number of aromatic amines is 1. The van der Waals surface area contributed by atoms with Gasteiger partial charge in [0.2, 0.25) is 0 Å². The first-order chi connectivity index (χ1) is 9.29. The maximum Gasteiger partial charge on any atom is 0.263 e. The molecule has 7 heteroatoms. The summed E-state index contributed by atoms with van der Waals surface area (Å²) in [6.45, 7) is 5.69. The van der Waals surface area contributed by atoms with Crippen LogP contribution in [0, 0.1) is 6.92 Å². The summed E-state index contributed by atoms with van der Waals surface area (Å²) in [7, 11) is -3.66. The van der Waals surface area contributed by atoms with E-state index in [0.717, 1.165) is 5.69 Å². The van der Waals surface area contributed by atoms with Gasteiger partial charge in [-0.25, -0.2) is 8.42 Å². The first kappa shape index (κ1) is 14.9. The molecule has 0 atom stereocenters. The number of anilines is 1. The molecule has 0 saturated heterocycles. The topological polar surface area (TPSA) is 74.8 Å². The molecule has 2 N–H and O–H groups in total. The van der Waals surface area contributed by atoms with E-state index >= 15 is 0 Å². The fourth-order valence-electron chi connectivity index (χ4n) is 1.79. The highest BCUT2D eigenvalue weighted by atomic mass is 35.5. The number of hydrogen-bond acceptors (Lipinski definition) is 3. The van der Waals surface area contributed by atoms with Crippen molar-refractivity contribution in [2.24, 2.45) is 0 Å². The molecular weight excluding hydrogens is 298 g/mol. The number of aryl methyl sites for hydroxylation is 1. The van der Waals surface area contributed by atoms with Gasteiger partial charge >= 0.3 is 0 Å². The summed E-state index contributed by atoms with van der Waals surface area (Å²) in [6, 6.07) is 6.33. The van der Waals surface area contributed by atoms with Crippen LogP contribution in [0.4, 0.5) is 5.82 Å². The molecule has 1 aromatic carbocycles. The van der Waals surface area contributed by atoms with Crippen LogP contribution in [-0.2, 0) is 10.0 Å². The van der Waals surface area contributed by atoms with E-state index in [0.29, 0.717) is 10.6 Å². The molecule has 0 saturated carbocycles. The molecule has 0 aliphatic carbocycles. The number of benzene rings is 1. The molecule has 0 bridgehead atoms. The van der Waals surface area contributed by atoms with Crippen LogP contribution in [-0.4, -0.2) is 18.6 Å². The molecule has 0 aliphatic rings. The van der Waals surface area contributed by atoms with Crippen molar-refractivity contribution in [2.45, 2.75) is 31.6 Å². The molecule has 2 rings (SSSR count). The van der Waals surface area contributed by atoms with Gasteiger partial charge in [-0.2, -0.15) is 5.10 Å². The van der Waals surface area contributed by atoms with Crippen molar-refractivity contribution >= 4 is 27.4 Å². The van der Waals surface area contributed by atoms with Crippen molar-refractivity contribution in [1.29, 1.82) is 0 Å². The minimum absolute atomic E-state index is 0.191. The van der Waals surface area contributed by atoms with Crippen molar-refractivity contribution in [1.82, 2.24) is 10.2 Å². The van der Waals surface area contributed by atoms with E-state index < -0.39 is 10.0 Å². The number of nitrogens with zero attached hydrogens (tertiary/aromatic N) is 1. The van der Waals surface area contributed by atoms with E-state index in [1.165, 1.54) is 6.07 Å². The first-order valence-corrected chi connectivity index (χ1v) is 8.00. The minimum atomic E-state index is -3.66. The van der Waals surface area contributed by atoms with Crippen LogP contribution in [0.5, 0.6) is 0 Å². The van der Waals surface area contributed by atoms with Crippen LogP contribution in [0.1, 0.15) is 31.0 Å². The predicted molar refractivity (Wildman–Crippen MR) is 79.7 cm³/mol. The van der Waals surface area contributed by atoms with E-state index in [4.69, 9.17) is 11.6 Å². The van der Waals surface area contributed by atoms with Crippen molar-refractivity contribution in [3.8, 4) is 0 Å². The lowest BCUT2D eigenvalue weighted by Gasteiger charge is -2.08. The predicted octanol–water partition coefficient (Wildman–Crippen LogP) is 3.30. The second-order valence-corrected chi connectivity index (χ2v) is 6.97. The Balaban J connectivity index is 2.30. The van der Waals surface area contributed by atoms with Crippen molar-refractivity contribution < 1.29 is 8.42 Å². The summed E-state index contributed by atoms with van der Waals surface area (Å²) in [5.41, 5.74) is 1.46. The summed E-state index contributed by atoms with van der Waals surface area (Å²) in [5.74, 6) is 0.529. The van der Waals surface area contributed by atoms with E-state index in [9.17, 15) is 8.42 Å². The van der Waals surface area contributed by atoms with Gasteiger partial charge in [0, 0.05) is 16.8 Å². The van der Waals surface area contributed by atoms with Gasteiger partial charge in [0.15, 0.2) is 5.82 Å². The van der Waals surface area contributed by atoms with Gasteiger partial charge in [0.1, 0.15) is 0 Å². The molecule has 2 aromatic rings. The highest BCUT2D eigenvalue weighted by Gasteiger charge is 2.18. The van der Waals surface area contributed by atoms with Crippen LogP contribution in [0.2, 0.25) is 5.02 Å². The summed E-state index contributed by atoms with van der Waals surface area (Å²) in [5, 5.41) is 7.26. The number of rotatable bonds is 4. The Labute approximate surface area is 123 Å². The monoisotopic (exact) mass is 313 g/mol. The highest BCUT2D eigenvalue weighted by molar-refractivity contribution is 7.92. The molecule has 0 fully saturated rings. The third-order valence-electron chi connectivity index (χ3n) is 2.89. The largest absolute Gasteiger partial charge is 0.280 e. The molecule has 20 heavy (non-hydrogen) atoms. The summed E-state index contributed by atoms with van der Waals surface area (Å²) in [6.07, 6.45) is 0. The zero-order chi connectivity index (χ0) is 14.9. The first-order valence-electron chi connectivity index (χ1n) is 6.14. The van der Waals surface area contributed by atoms with Crippen molar-refractivity contribution in [3.05, 3.63) is 40.5 Å². The highest BCUT2D eigenvalue weighted by Crippen LogP contribution is 2.22. The Morgan fingerprint density at radius 3 is 2.55 bits per heavy atom. The molecule has 1 aromatic heterocycles. The number of nitrogens with one attached hydrogen (secondary N) is 2. The van der Waals surface area contributed by atoms with Crippen LogP contribution >= 0.6 is 11.6 Å². The third-order valence-corrected chi connectivity index (χ3v) is 4.64. The fraction of sp³-hybridized carbons (Fsp3) is 0.308. The smallest absolute Gasteiger partial charge is 0.263 e. The molecule has 0 radical (unpaired) electrons. The Bertz CT molecular complexity index is 723. The number of sulfonamides is 1. The quantitative estimate of drug-likeness (QED) is 0.909. The van der Waals surface area contributed by atoms with E-state index in [1.807, 2.05) is 13.8 Å². The minimum Gasteiger partial charge on any atom is -0.280 e. The molecule has 0 unspecified atom stereocenters. The normalized spacial score (nSPS) is 11.8. The maximum absolute atomic E-state index is 12.3. The lowest BCUT2D eigenvalue weighted by molar-refractivity contribution is 0.600. The Hall–Kier alpha value is -1.53. The summed E-state index contributed by atoms with van der Waals surface area (Å²) >= 11 is 5.83. The molecular formula is C13H16ClN3O2S. The van der Waals surface area contributed by atoms with Gasteiger partial charge in [-0.3, -0.25) is 9.82 Å². The Morgan fingerprint density at radius 1 is 1.30 bits per heavy atom. The van der Waals surface area contributed by atoms with Gasteiger partial charge in [0.25, 0.3) is 10.0 Å². The van der Waals surface area contributed by atoms with E-state index in [1.54, 1.807) is 25.1 Å². The van der Waals surface area contributed by atoms with Gasteiger partial charge < -0.3 is 0 Å². The number of H-pyrrole nitrogens is 1. The lowest BCUT2D eigenvalue weighted by atomic mass is 10.1. The third kappa shape index (κ3) is 3.13. The standard InChI is InChI=1S/C13H16ClN3O2S/c1-8(2)11-7-13(16-15-11)17-20(18,19)12-5-4-10(14)6-9(12)3/h4-8H,1-3H3,(H2,15,16,17). The van der Waals surface area contributed by atoms with Crippen LogP contribution in [0.15, 0.2) is 29.2 Å². The summed E-state index contributed by atoms with van der Waals surface area (Å²) in [4.78, 5) is 0.191. The fourth-order valence-corrected chi connectivity index (χ4v) is 3.24. The zero-order valence-corrected chi connectivity index (χ0v) is 13.0. The van der Waals surface area contributed by atoms with E-state index in [2.05, 4.69) is 14.9 Å². The number of hydrogen-bond donors (Lipinski definition) is 2. The van der Waals surface area contributed by atoms with Crippen molar-refractivity contribution in [3.63, 3.8) is 0 Å². The molecule has 0 aliphatic heterocycles. The van der Waals surface area contributed by atoms with Gasteiger partial charge in [-0.05, 0) is 36.6 Å². The van der Waals surface area contributed by atoms with Gasteiger partial charge in [-0.15, -0.1) is 0 Å². The molecule has 0 spiro atoms. The Kier molecular flexibility index (Phi) is 4.06. The average molecular weight is 314 g/mol. The van der Waals surface area contributed by atoms with Gasteiger partial charge in [-0.1, -0.05) is 25.4 Å².